The van der Waals surface area contributed by atoms with Crippen LogP contribution < -0.4 is 10.1 Å². The van der Waals surface area contributed by atoms with Crippen LogP contribution in [0.15, 0.2) is 24.5 Å². The Bertz CT molecular complexity index is 620. The van der Waals surface area contributed by atoms with E-state index in [1.165, 1.54) is 18.5 Å². The predicted molar refractivity (Wildman–Crippen MR) is 76.6 cm³/mol. The van der Waals surface area contributed by atoms with Crippen molar-refractivity contribution in [1.82, 2.24) is 9.97 Å². The Kier molecular flexibility index (Phi) is 5.03. The summed E-state index contributed by atoms with van der Waals surface area (Å²) in [4.78, 5) is 8.18. The third kappa shape index (κ3) is 3.45. The second-order valence-corrected chi connectivity index (χ2v) is 4.44. The van der Waals surface area contributed by atoms with E-state index in [4.69, 9.17) is 4.74 Å². The second-order valence-electron chi connectivity index (χ2n) is 4.44. The van der Waals surface area contributed by atoms with Gasteiger partial charge in [0.2, 0.25) is 11.7 Å². The topological polar surface area (TPSA) is 47.0 Å². The van der Waals surface area contributed by atoms with Gasteiger partial charge in [-0.15, -0.1) is 0 Å². The lowest BCUT2D eigenvalue weighted by Crippen LogP contribution is -2.07. The zero-order chi connectivity index (χ0) is 15.2. The third-order valence-corrected chi connectivity index (χ3v) is 2.92. The van der Waals surface area contributed by atoms with Crippen molar-refractivity contribution in [2.75, 3.05) is 11.9 Å². The first-order valence-corrected chi connectivity index (χ1v) is 6.87. The van der Waals surface area contributed by atoms with Gasteiger partial charge in [-0.2, -0.15) is 4.39 Å². The molecule has 0 unspecified atom stereocenters. The standard InChI is InChI=1S/C15H17F2N3O/c1-3-8-18-14-10(4-2)15(20-9-19-14)21-12-7-5-6-11(16)13(12)17/h5-7,9H,3-4,8H2,1-2H3,(H,18,19,20). The molecule has 0 radical (unpaired) electrons. The summed E-state index contributed by atoms with van der Waals surface area (Å²) >= 11 is 0. The monoisotopic (exact) mass is 293 g/mol. The average Bonchev–Trinajstić information content (AvgIpc) is 2.50. The number of aromatic nitrogens is 2. The highest BCUT2D eigenvalue weighted by Crippen LogP contribution is 2.29. The molecule has 0 fully saturated rings. The molecule has 21 heavy (non-hydrogen) atoms. The molecule has 0 amide bonds. The summed E-state index contributed by atoms with van der Waals surface area (Å²) in [5.74, 6) is -1.29. The molecule has 0 bridgehead atoms. The Hall–Kier alpha value is -2.24. The number of nitrogens with zero attached hydrogens (tertiary/aromatic N) is 2. The molecular formula is C15H17F2N3O. The molecule has 4 nitrogen and oxygen atoms in total. The fourth-order valence-corrected chi connectivity index (χ4v) is 1.87. The Balaban J connectivity index is 2.33. The lowest BCUT2D eigenvalue weighted by Gasteiger charge is -2.13. The normalized spacial score (nSPS) is 10.5. The van der Waals surface area contributed by atoms with Crippen molar-refractivity contribution in [1.29, 1.82) is 0 Å². The minimum Gasteiger partial charge on any atom is -0.435 e. The SMILES string of the molecule is CCCNc1ncnc(Oc2cccc(F)c2F)c1CC. The molecule has 2 rings (SSSR count). The molecular weight excluding hydrogens is 276 g/mol. The van der Waals surface area contributed by atoms with Gasteiger partial charge in [0, 0.05) is 6.54 Å². The number of rotatable bonds is 6. The van der Waals surface area contributed by atoms with Crippen LogP contribution in [0.1, 0.15) is 25.8 Å². The van der Waals surface area contributed by atoms with E-state index in [0.717, 1.165) is 24.6 Å². The maximum atomic E-state index is 13.7. The summed E-state index contributed by atoms with van der Waals surface area (Å²) in [7, 11) is 0. The molecule has 2 aromatic rings. The van der Waals surface area contributed by atoms with Gasteiger partial charge in [0.15, 0.2) is 11.6 Å². The van der Waals surface area contributed by atoms with Crippen molar-refractivity contribution in [3.8, 4) is 11.6 Å². The van der Waals surface area contributed by atoms with Crippen molar-refractivity contribution in [2.24, 2.45) is 0 Å². The Labute approximate surface area is 122 Å². The molecule has 6 heteroatoms. The van der Waals surface area contributed by atoms with Gasteiger partial charge in [0.05, 0.1) is 5.56 Å². The first kappa shape index (κ1) is 15.2. The average molecular weight is 293 g/mol. The van der Waals surface area contributed by atoms with Crippen molar-refractivity contribution >= 4 is 5.82 Å². The minimum absolute atomic E-state index is 0.190. The van der Waals surface area contributed by atoms with Crippen molar-refractivity contribution in [2.45, 2.75) is 26.7 Å². The maximum absolute atomic E-state index is 13.7. The van der Waals surface area contributed by atoms with Crippen LogP contribution in [0.4, 0.5) is 14.6 Å². The molecule has 112 valence electrons. The van der Waals surface area contributed by atoms with Crippen LogP contribution in [0.5, 0.6) is 11.6 Å². The Morgan fingerprint density at radius 2 is 2.00 bits per heavy atom. The van der Waals surface area contributed by atoms with Crippen molar-refractivity contribution in [3.63, 3.8) is 0 Å². The first-order chi connectivity index (χ1) is 10.2. The highest BCUT2D eigenvalue weighted by Gasteiger charge is 2.15. The van der Waals surface area contributed by atoms with Crippen LogP contribution in [-0.2, 0) is 6.42 Å². The highest BCUT2D eigenvalue weighted by atomic mass is 19.2. The van der Waals surface area contributed by atoms with Crippen molar-refractivity contribution < 1.29 is 13.5 Å². The number of hydrogen-bond donors (Lipinski definition) is 1. The summed E-state index contributed by atoms with van der Waals surface area (Å²) in [6.07, 6.45) is 2.89. The number of nitrogens with one attached hydrogen (secondary N) is 1. The highest BCUT2D eigenvalue weighted by molar-refractivity contribution is 5.49. The van der Waals surface area contributed by atoms with E-state index < -0.39 is 11.6 Å². The van der Waals surface area contributed by atoms with Crippen LogP contribution >= 0.6 is 0 Å². The van der Waals surface area contributed by atoms with Gasteiger partial charge in [0.1, 0.15) is 12.1 Å². The Morgan fingerprint density at radius 3 is 2.71 bits per heavy atom. The Morgan fingerprint density at radius 1 is 1.19 bits per heavy atom. The van der Waals surface area contributed by atoms with Crippen LogP contribution in [0.25, 0.3) is 0 Å². The minimum atomic E-state index is -1.03. The zero-order valence-electron chi connectivity index (χ0n) is 12.0. The van der Waals surface area contributed by atoms with E-state index in [9.17, 15) is 8.78 Å². The summed E-state index contributed by atoms with van der Waals surface area (Å²) in [5, 5.41) is 3.17. The van der Waals surface area contributed by atoms with E-state index in [-0.39, 0.29) is 11.6 Å². The van der Waals surface area contributed by atoms with Gasteiger partial charge in [-0.3, -0.25) is 0 Å². The lowest BCUT2D eigenvalue weighted by molar-refractivity contribution is 0.401. The molecule has 0 aliphatic rings. The van der Waals surface area contributed by atoms with Crippen molar-refractivity contribution in [3.05, 3.63) is 41.7 Å². The summed E-state index contributed by atoms with van der Waals surface area (Å²) in [6, 6.07) is 3.78. The van der Waals surface area contributed by atoms with E-state index in [1.54, 1.807) is 0 Å². The summed E-state index contributed by atoms with van der Waals surface area (Å²) in [5.41, 5.74) is 0.731. The van der Waals surface area contributed by atoms with Crippen LogP contribution in [-0.4, -0.2) is 16.5 Å². The fraction of sp³-hybridized carbons (Fsp3) is 0.333. The number of anilines is 1. The van der Waals surface area contributed by atoms with Crippen LogP contribution in [0.2, 0.25) is 0 Å². The molecule has 0 saturated heterocycles. The number of halogens is 2. The van der Waals surface area contributed by atoms with E-state index in [1.807, 2.05) is 13.8 Å². The lowest BCUT2D eigenvalue weighted by atomic mass is 10.2. The number of ether oxygens (including phenoxy) is 1. The molecule has 0 atom stereocenters. The van der Waals surface area contributed by atoms with Gasteiger partial charge in [0.25, 0.3) is 0 Å². The van der Waals surface area contributed by atoms with E-state index >= 15 is 0 Å². The van der Waals surface area contributed by atoms with E-state index in [0.29, 0.717) is 12.2 Å². The molecule has 0 saturated carbocycles. The quantitative estimate of drug-likeness (QED) is 0.876. The second kappa shape index (κ2) is 6.97. The first-order valence-electron chi connectivity index (χ1n) is 6.87. The third-order valence-electron chi connectivity index (χ3n) is 2.92. The number of hydrogen-bond acceptors (Lipinski definition) is 4. The fourth-order valence-electron chi connectivity index (χ4n) is 1.87. The van der Waals surface area contributed by atoms with Gasteiger partial charge in [-0.1, -0.05) is 19.9 Å². The molecule has 0 aliphatic carbocycles. The molecule has 0 aliphatic heterocycles. The molecule has 1 N–H and O–H groups in total. The zero-order valence-corrected chi connectivity index (χ0v) is 12.0. The summed E-state index contributed by atoms with van der Waals surface area (Å²) in [6.45, 7) is 4.72. The smallest absolute Gasteiger partial charge is 0.227 e. The number of benzene rings is 1. The molecule has 0 spiro atoms. The van der Waals surface area contributed by atoms with E-state index in [2.05, 4.69) is 15.3 Å². The van der Waals surface area contributed by atoms with Crippen LogP contribution in [0.3, 0.4) is 0 Å². The maximum Gasteiger partial charge on any atom is 0.227 e. The predicted octanol–water partition coefficient (Wildman–Crippen LogP) is 3.93. The van der Waals surface area contributed by atoms with Gasteiger partial charge in [-0.05, 0) is 25.0 Å². The molecule has 1 aromatic heterocycles. The van der Waals surface area contributed by atoms with Gasteiger partial charge < -0.3 is 10.1 Å². The summed E-state index contributed by atoms with van der Waals surface area (Å²) < 4.78 is 32.3. The molecule has 1 aromatic carbocycles. The molecule has 1 heterocycles. The largest absolute Gasteiger partial charge is 0.435 e. The van der Waals surface area contributed by atoms with Gasteiger partial charge in [-0.25, -0.2) is 14.4 Å². The van der Waals surface area contributed by atoms with Gasteiger partial charge >= 0.3 is 0 Å². The van der Waals surface area contributed by atoms with Crippen LogP contribution in [0, 0.1) is 11.6 Å².